The highest BCUT2D eigenvalue weighted by molar-refractivity contribution is 6.31. The number of hydrogen-bond donors (Lipinski definition) is 0. The minimum atomic E-state index is -1.04. The second-order valence-corrected chi connectivity index (χ2v) is 8.92. The number of Topliss-reactive ketones (excluding diaryl/α,β-unsaturated/α-hetero) is 2. The molecule has 0 amide bonds. The lowest BCUT2D eigenvalue weighted by molar-refractivity contribution is -0.184. The maximum Gasteiger partial charge on any atom is 0.179 e. The van der Waals surface area contributed by atoms with Crippen molar-refractivity contribution < 1.29 is 19.1 Å². The number of carbonyl (C=O) groups is 2. The van der Waals surface area contributed by atoms with Gasteiger partial charge in [0.25, 0.3) is 0 Å². The number of halogens is 1. The molecular formula is C24H27ClO4. The van der Waals surface area contributed by atoms with Gasteiger partial charge in [0.05, 0.1) is 0 Å². The summed E-state index contributed by atoms with van der Waals surface area (Å²) in [6.07, 6.45) is 0.703. The standard InChI is InChI=1S/C24H27ClO4/c1-7-15-8-9-17(28-16-10-11-19(25)14(2)12-16)13-18(15)20-21(26)23(3,4)29-24(5,6)22(20)27/h8-13,20H,7H2,1-6H3. The van der Waals surface area contributed by atoms with E-state index in [9.17, 15) is 9.59 Å². The van der Waals surface area contributed by atoms with Gasteiger partial charge in [0.1, 0.15) is 28.6 Å². The molecule has 2 aromatic carbocycles. The highest BCUT2D eigenvalue weighted by Gasteiger charge is 2.53. The van der Waals surface area contributed by atoms with Crippen LogP contribution >= 0.6 is 11.6 Å². The maximum absolute atomic E-state index is 13.2. The number of hydrogen-bond acceptors (Lipinski definition) is 4. The van der Waals surface area contributed by atoms with E-state index < -0.39 is 17.1 Å². The summed E-state index contributed by atoms with van der Waals surface area (Å²) in [6.45, 7) is 10.8. The number of benzene rings is 2. The summed E-state index contributed by atoms with van der Waals surface area (Å²) in [5.74, 6) is -0.111. The number of carbonyl (C=O) groups excluding carboxylic acids is 2. The van der Waals surface area contributed by atoms with Crippen LogP contribution in [0.1, 0.15) is 57.2 Å². The Balaban J connectivity index is 2.05. The van der Waals surface area contributed by atoms with Gasteiger partial charge in [0.15, 0.2) is 11.6 Å². The Bertz CT molecular complexity index is 949. The van der Waals surface area contributed by atoms with Gasteiger partial charge in [-0.3, -0.25) is 9.59 Å². The molecule has 0 aliphatic carbocycles. The molecule has 0 radical (unpaired) electrons. The molecule has 2 aromatic rings. The molecule has 1 saturated heterocycles. The first-order valence-corrected chi connectivity index (χ1v) is 10.2. The van der Waals surface area contributed by atoms with Gasteiger partial charge in [-0.05, 0) is 88.1 Å². The van der Waals surface area contributed by atoms with Gasteiger partial charge in [-0.25, -0.2) is 0 Å². The summed E-state index contributed by atoms with van der Waals surface area (Å²) in [4.78, 5) is 26.3. The molecule has 29 heavy (non-hydrogen) atoms. The second kappa shape index (κ2) is 7.58. The maximum atomic E-state index is 13.2. The van der Waals surface area contributed by atoms with Crippen LogP contribution in [0.2, 0.25) is 5.02 Å². The normalized spacial score (nSPS) is 18.7. The third kappa shape index (κ3) is 4.10. The highest BCUT2D eigenvalue weighted by Crippen LogP contribution is 2.41. The Kier molecular flexibility index (Phi) is 5.63. The van der Waals surface area contributed by atoms with Crippen LogP contribution in [-0.2, 0) is 20.7 Å². The molecule has 0 unspecified atom stereocenters. The number of rotatable bonds is 4. The molecule has 0 spiro atoms. The average molecular weight is 415 g/mol. The first-order valence-electron chi connectivity index (χ1n) is 9.82. The monoisotopic (exact) mass is 414 g/mol. The zero-order valence-electron chi connectivity index (χ0n) is 17.8. The van der Waals surface area contributed by atoms with Crippen molar-refractivity contribution in [1.82, 2.24) is 0 Å². The van der Waals surface area contributed by atoms with Crippen LogP contribution < -0.4 is 4.74 Å². The smallest absolute Gasteiger partial charge is 0.179 e. The summed E-state index contributed by atoms with van der Waals surface area (Å²) in [5.41, 5.74) is 0.460. The lowest BCUT2D eigenvalue weighted by Crippen LogP contribution is -2.58. The van der Waals surface area contributed by atoms with Gasteiger partial charge in [-0.15, -0.1) is 0 Å². The van der Waals surface area contributed by atoms with Gasteiger partial charge in [-0.2, -0.15) is 0 Å². The van der Waals surface area contributed by atoms with E-state index in [-0.39, 0.29) is 11.6 Å². The van der Waals surface area contributed by atoms with E-state index in [1.807, 2.05) is 32.0 Å². The van der Waals surface area contributed by atoms with Crippen LogP contribution in [0.25, 0.3) is 0 Å². The molecule has 0 aromatic heterocycles. The summed E-state index contributed by atoms with van der Waals surface area (Å²) in [6, 6.07) is 11.0. The predicted octanol–water partition coefficient (Wildman–Crippen LogP) is 5.81. The lowest BCUT2D eigenvalue weighted by atomic mass is 9.73. The molecule has 5 heteroatoms. The van der Waals surface area contributed by atoms with Crippen LogP contribution in [0.3, 0.4) is 0 Å². The van der Waals surface area contributed by atoms with Crippen molar-refractivity contribution in [2.45, 2.75) is 65.1 Å². The largest absolute Gasteiger partial charge is 0.457 e. The van der Waals surface area contributed by atoms with Crippen LogP contribution in [0.15, 0.2) is 36.4 Å². The minimum Gasteiger partial charge on any atom is -0.457 e. The van der Waals surface area contributed by atoms with Crippen molar-refractivity contribution in [2.24, 2.45) is 0 Å². The van der Waals surface area contributed by atoms with E-state index >= 15 is 0 Å². The van der Waals surface area contributed by atoms with Crippen LogP contribution in [0.5, 0.6) is 11.5 Å². The number of aryl methyl sites for hydroxylation is 2. The Morgan fingerprint density at radius 1 is 0.966 bits per heavy atom. The molecular weight excluding hydrogens is 388 g/mol. The molecule has 154 valence electrons. The van der Waals surface area contributed by atoms with Gasteiger partial charge >= 0.3 is 0 Å². The zero-order chi connectivity index (χ0) is 21.6. The summed E-state index contributed by atoms with van der Waals surface area (Å²) >= 11 is 6.09. The van der Waals surface area contributed by atoms with Crippen LogP contribution in [-0.4, -0.2) is 22.8 Å². The zero-order valence-corrected chi connectivity index (χ0v) is 18.5. The van der Waals surface area contributed by atoms with Crippen molar-refractivity contribution in [3.63, 3.8) is 0 Å². The molecule has 0 N–H and O–H groups in total. The van der Waals surface area contributed by atoms with Gasteiger partial charge in [0.2, 0.25) is 0 Å². The van der Waals surface area contributed by atoms with E-state index in [0.29, 0.717) is 28.5 Å². The second-order valence-electron chi connectivity index (χ2n) is 8.51. The number of ketones is 2. The third-order valence-corrected chi connectivity index (χ3v) is 5.82. The van der Waals surface area contributed by atoms with E-state index in [4.69, 9.17) is 21.1 Å². The Hall–Kier alpha value is -2.17. The third-order valence-electron chi connectivity index (χ3n) is 5.40. The molecule has 1 heterocycles. The van der Waals surface area contributed by atoms with Crippen molar-refractivity contribution in [1.29, 1.82) is 0 Å². The van der Waals surface area contributed by atoms with Crippen molar-refractivity contribution >= 4 is 23.2 Å². The molecule has 0 bridgehead atoms. The molecule has 3 rings (SSSR count). The Labute approximate surface area is 177 Å². The van der Waals surface area contributed by atoms with Gasteiger partial charge < -0.3 is 9.47 Å². The Morgan fingerprint density at radius 2 is 1.52 bits per heavy atom. The van der Waals surface area contributed by atoms with E-state index in [1.165, 1.54) is 0 Å². The molecule has 1 fully saturated rings. The topological polar surface area (TPSA) is 52.6 Å². The van der Waals surface area contributed by atoms with E-state index in [0.717, 1.165) is 11.1 Å². The lowest BCUT2D eigenvalue weighted by Gasteiger charge is -2.43. The van der Waals surface area contributed by atoms with Crippen molar-refractivity contribution in [3.05, 3.63) is 58.1 Å². The SMILES string of the molecule is CCc1ccc(Oc2ccc(Cl)c(C)c2)cc1C1C(=O)C(C)(C)OC(C)(C)C1=O. The van der Waals surface area contributed by atoms with Crippen molar-refractivity contribution in [3.8, 4) is 11.5 Å². The highest BCUT2D eigenvalue weighted by atomic mass is 35.5. The molecule has 1 aliphatic heterocycles. The quantitative estimate of drug-likeness (QED) is 0.592. The first kappa shape index (κ1) is 21.5. The molecule has 0 saturated carbocycles. The molecule has 1 aliphatic rings. The molecule has 0 atom stereocenters. The average Bonchev–Trinajstić information content (AvgIpc) is 2.63. The minimum absolute atomic E-state index is 0.226. The van der Waals surface area contributed by atoms with Gasteiger partial charge in [0, 0.05) is 5.02 Å². The van der Waals surface area contributed by atoms with E-state index in [1.54, 1.807) is 45.9 Å². The molecule has 4 nitrogen and oxygen atoms in total. The van der Waals surface area contributed by atoms with Gasteiger partial charge in [-0.1, -0.05) is 24.6 Å². The fourth-order valence-corrected chi connectivity index (χ4v) is 4.00. The summed E-state index contributed by atoms with van der Waals surface area (Å²) in [5, 5.41) is 0.669. The van der Waals surface area contributed by atoms with Crippen molar-refractivity contribution in [2.75, 3.05) is 0 Å². The predicted molar refractivity (Wildman–Crippen MR) is 114 cm³/mol. The van der Waals surface area contributed by atoms with Crippen LogP contribution in [0, 0.1) is 6.92 Å². The van der Waals surface area contributed by atoms with Crippen LogP contribution in [0.4, 0.5) is 0 Å². The summed E-state index contributed by atoms with van der Waals surface area (Å²) in [7, 11) is 0. The first-order chi connectivity index (χ1) is 13.5. The number of ether oxygens (including phenoxy) is 2. The van der Waals surface area contributed by atoms with E-state index in [2.05, 4.69) is 0 Å². The fraction of sp³-hybridized carbons (Fsp3) is 0.417. The summed E-state index contributed by atoms with van der Waals surface area (Å²) < 4.78 is 11.8. The Morgan fingerprint density at radius 3 is 2.07 bits per heavy atom. The fourth-order valence-electron chi connectivity index (χ4n) is 3.88.